The maximum Gasteiger partial charge on any atom is 0.416 e. The van der Waals surface area contributed by atoms with E-state index in [0.717, 1.165) is 23.8 Å². The lowest BCUT2D eigenvalue weighted by molar-refractivity contribution is -0.137. The largest absolute Gasteiger partial charge is 0.496 e. The van der Waals surface area contributed by atoms with Crippen LogP contribution in [0.5, 0.6) is 5.75 Å². The molecule has 0 bridgehead atoms. The normalized spacial score (nSPS) is 16.8. The Morgan fingerprint density at radius 1 is 1.06 bits per heavy atom. The van der Waals surface area contributed by atoms with Crippen LogP contribution in [0.3, 0.4) is 0 Å². The number of hydrogen-bond acceptors (Lipinski definition) is 5. The zero-order valence-corrected chi connectivity index (χ0v) is 18.6. The number of methoxy groups -OCH3 is 1. The van der Waals surface area contributed by atoms with Gasteiger partial charge in [0.2, 0.25) is 10.0 Å². The predicted octanol–water partition coefficient (Wildman–Crippen LogP) is 4.05. The van der Waals surface area contributed by atoms with Crippen molar-refractivity contribution in [2.75, 3.05) is 12.4 Å². The molecular weight excluding hydrogens is 471 g/mol. The number of ether oxygens (including phenoxy) is 1. The Hall–Kier alpha value is -3.57. The summed E-state index contributed by atoms with van der Waals surface area (Å²) < 4.78 is 72.0. The number of carbonyl (C=O) groups is 1. The molecular formula is C23H20F3N3O4S. The van der Waals surface area contributed by atoms with E-state index in [-0.39, 0.29) is 23.0 Å². The molecule has 1 unspecified atom stereocenters. The molecule has 1 heterocycles. The molecule has 3 N–H and O–H groups in total. The molecule has 1 aliphatic rings. The Morgan fingerprint density at radius 2 is 1.76 bits per heavy atom. The first-order valence-electron chi connectivity index (χ1n) is 10.1. The van der Waals surface area contributed by atoms with E-state index < -0.39 is 27.9 Å². The Bertz CT molecular complexity index is 1330. The monoisotopic (exact) mass is 491 g/mol. The lowest BCUT2D eigenvalue weighted by Gasteiger charge is -2.29. The van der Waals surface area contributed by atoms with Gasteiger partial charge < -0.3 is 15.4 Å². The van der Waals surface area contributed by atoms with Crippen molar-refractivity contribution in [2.45, 2.75) is 23.8 Å². The Balaban J connectivity index is 1.50. The first-order valence-corrected chi connectivity index (χ1v) is 11.6. The van der Waals surface area contributed by atoms with Crippen molar-refractivity contribution in [3.05, 3.63) is 89.0 Å². The molecule has 0 radical (unpaired) electrons. The second-order valence-electron chi connectivity index (χ2n) is 7.52. The van der Waals surface area contributed by atoms with Gasteiger partial charge >= 0.3 is 6.18 Å². The van der Waals surface area contributed by atoms with E-state index in [1.165, 1.54) is 31.4 Å². The number of amides is 1. The Morgan fingerprint density at radius 3 is 2.44 bits per heavy atom. The molecule has 0 spiro atoms. The van der Waals surface area contributed by atoms with Gasteiger partial charge in [-0.15, -0.1) is 0 Å². The van der Waals surface area contributed by atoms with Gasteiger partial charge in [0.1, 0.15) is 16.8 Å². The molecule has 0 fully saturated rings. The van der Waals surface area contributed by atoms with Gasteiger partial charge in [0.15, 0.2) is 0 Å². The number of carbonyl (C=O) groups excluding carboxylic acids is 1. The van der Waals surface area contributed by atoms with Crippen molar-refractivity contribution in [3.8, 4) is 5.75 Å². The topological polar surface area (TPSA) is 96.5 Å². The minimum absolute atomic E-state index is 0.155. The Kier molecular flexibility index (Phi) is 6.24. The van der Waals surface area contributed by atoms with Crippen LogP contribution >= 0.6 is 0 Å². The number of fused-ring (bicyclic) bond motifs is 1. The summed E-state index contributed by atoms with van der Waals surface area (Å²) in [6.07, 6.45) is -5.62. The molecule has 34 heavy (non-hydrogen) atoms. The van der Waals surface area contributed by atoms with Gasteiger partial charge in [0.05, 0.1) is 18.4 Å². The van der Waals surface area contributed by atoms with Crippen LogP contribution in [0.15, 0.2) is 71.6 Å². The molecule has 0 saturated carbocycles. The molecule has 1 amide bonds. The quantitative estimate of drug-likeness (QED) is 0.501. The fourth-order valence-corrected chi connectivity index (χ4v) is 4.85. The van der Waals surface area contributed by atoms with E-state index in [1.54, 1.807) is 6.07 Å². The molecule has 4 rings (SSSR count). The number of nitrogens with one attached hydrogen (secondary N) is 3. The molecule has 3 aromatic carbocycles. The number of benzene rings is 3. The van der Waals surface area contributed by atoms with Crippen molar-refractivity contribution in [2.24, 2.45) is 0 Å². The van der Waals surface area contributed by atoms with E-state index in [1.807, 2.05) is 18.2 Å². The lowest BCUT2D eigenvalue weighted by Crippen LogP contribution is -2.38. The zero-order valence-electron chi connectivity index (χ0n) is 17.8. The van der Waals surface area contributed by atoms with Crippen LogP contribution in [0.25, 0.3) is 0 Å². The van der Waals surface area contributed by atoms with Crippen molar-refractivity contribution in [1.29, 1.82) is 0 Å². The maximum absolute atomic E-state index is 13.1. The van der Waals surface area contributed by atoms with Gasteiger partial charge in [0, 0.05) is 17.7 Å². The Labute approximate surface area is 194 Å². The van der Waals surface area contributed by atoms with Crippen LogP contribution < -0.4 is 20.1 Å². The molecule has 11 heteroatoms. The maximum atomic E-state index is 13.1. The highest BCUT2D eigenvalue weighted by molar-refractivity contribution is 7.89. The van der Waals surface area contributed by atoms with Gasteiger partial charge in [-0.2, -0.15) is 17.9 Å². The second-order valence-corrected chi connectivity index (χ2v) is 9.21. The standard InChI is InChI=1S/C23H20F3N3O4S/c1-33-19-5-3-2-4-16(19)13-27-22(30)15-8-6-14(7-9-15)21-28-18-12-17(23(24,25)26)10-11-20(18)34(31,32)29-21/h2-12,21,28-29H,13H2,1H3,(H,27,30). The van der Waals surface area contributed by atoms with Crippen LogP contribution in [0, 0.1) is 0 Å². The van der Waals surface area contributed by atoms with Gasteiger partial charge in [-0.1, -0.05) is 30.3 Å². The number of alkyl halides is 3. The summed E-state index contributed by atoms with van der Waals surface area (Å²) in [6.45, 7) is 0.243. The number of rotatable bonds is 5. The third-order valence-electron chi connectivity index (χ3n) is 5.31. The first kappa shape index (κ1) is 23.6. The van der Waals surface area contributed by atoms with E-state index in [0.29, 0.717) is 16.9 Å². The van der Waals surface area contributed by atoms with Crippen molar-refractivity contribution >= 4 is 21.6 Å². The van der Waals surface area contributed by atoms with Gasteiger partial charge in [0.25, 0.3) is 5.91 Å². The summed E-state index contributed by atoms with van der Waals surface area (Å²) in [4.78, 5) is 12.2. The van der Waals surface area contributed by atoms with Crippen LogP contribution in [0.1, 0.15) is 33.2 Å². The van der Waals surface area contributed by atoms with Gasteiger partial charge in [-0.25, -0.2) is 8.42 Å². The lowest BCUT2D eigenvalue weighted by atomic mass is 10.1. The number of halogens is 3. The highest BCUT2D eigenvalue weighted by Crippen LogP contribution is 2.37. The number of hydrogen-bond donors (Lipinski definition) is 3. The summed E-state index contributed by atoms with van der Waals surface area (Å²) >= 11 is 0. The molecule has 178 valence electrons. The van der Waals surface area contributed by atoms with Gasteiger partial charge in [-0.05, 0) is 42.0 Å². The molecule has 0 aliphatic carbocycles. The van der Waals surface area contributed by atoms with Gasteiger partial charge in [-0.3, -0.25) is 4.79 Å². The third kappa shape index (κ3) is 4.85. The highest BCUT2D eigenvalue weighted by Gasteiger charge is 2.35. The van der Waals surface area contributed by atoms with E-state index >= 15 is 0 Å². The van der Waals surface area contributed by atoms with Crippen LogP contribution in [0.2, 0.25) is 0 Å². The summed E-state index contributed by atoms with van der Waals surface area (Å²) in [6, 6.07) is 15.7. The highest BCUT2D eigenvalue weighted by atomic mass is 32.2. The fraction of sp³-hybridized carbons (Fsp3) is 0.174. The van der Waals surface area contributed by atoms with E-state index in [2.05, 4.69) is 15.4 Å². The van der Waals surface area contributed by atoms with Crippen LogP contribution in [-0.2, 0) is 22.7 Å². The number of sulfonamides is 1. The smallest absolute Gasteiger partial charge is 0.416 e. The summed E-state index contributed by atoms with van der Waals surface area (Å²) in [5, 5.41) is 5.57. The SMILES string of the molecule is COc1ccccc1CNC(=O)c1ccc(C2Nc3cc(C(F)(F)F)ccc3S(=O)(=O)N2)cc1. The van der Waals surface area contributed by atoms with Crippen LogP contribution in [-0.4, -0.2) is 21.4 Å². The van der Waals surface area contributed by atoms with Crippen molar-refractivity contribution < 1.29 is 31.1 Å². The molecule has 3 aromatic rings. The average Bonchev–Trinajstić information content (AvgIpc) is 2.81. The molecule has 0 saturated heterocycles. The van der Waals surface area contributed by atoms with E-state index in [9.17, 15) is 26.4 Å². The summed E-state index contributed by atoms with van der Waals surface area (Å²) in [7, 11) is -2.51. The van der Waals surface area contributed by atoms with Crippen LogP contribution in [0.4, 0.5) is 18.9 Å². The summed E-state index contributed by atoms with van der Waals surface area (Å²) in [5.74, 6) is 0.289. The number of anilines is 1. The molecule has 7 nitrogen and oxygen atoms in total. The third-order valence-corrected chi connectivity index (χ3v) is 6.79. The van der Waals surface area contributed by atoms with E-state index in [4.69, 9.17) is 4.74 Å². The van der Waals surface area contributed by atoms with Crippen molar-refractivity contribution in [1.82, 2.24) is 10.0 Å². The summed E-state index contributed by atoms with van der Waals surface area (Å²) in [5.41, 5.74) is 0.437. The number of para-hydroxylation sites is 1. The predicted molar refractivity (Wildman–Crippen MR) is 119 cm³/mol. The first-order chi connectivity index (χ1) is 16.1. The van der Waals surface area contributed by atoms with Crippen molar-refractivity contribution in [3.63, 3.8) is 0 Å². The fourth-order valence-electron chi connectivity index (χ4n) is 3.56. The minimum Gasteiger partial charge on any atom is -0.496 e. The molecule has 0 aromatic heterocycles. The minimum atomic E-state index is -4.61. The molecule has 1 aliphatic heterocycles. The average molecular weight is 491 g/mol. The zero-order chi connectivity index (χ0) is 24.5. The second kappa shape index (κ2) is 8.99. The molecule has 1 atom stereocenters.